The van der Waals surface area contributed by atoms with Crippen LogP contribution in [0.5, 0.6) is 0 Å². The minimum atomic E-state index is -1.02. The molecule has 5 nitrogen and oxygen atoms in total. The minimum Gasteiger partial charge on any atom is -0.469 e. The lowest BCUT2D eigenvalue weighted by Gasteiger charge is -2.40. The molecule has 0 aliphatic carbocycles. The second-order valence-electron chi connectivity index (χ2n) is 5.69. The highest BCUT2D eigenvalue weighted by atomic mass is 35.5. The first kappa shape index (κ1) is 11.9. The molecule has 0 aromatic heterocycles. The van der Waals surface area contributed by atoms with Gasteiger partial charge in [-0.1, -0.05) is 18.1 Å². The molecule has 3 rings (SSSR count). The lowest BCUT2D eigenvalue weighted by atomic mass is 9.87. The Kier molecular flexibility index (Phi) is 3.78. The summed E-state index contributed by atoms with van der Waals surface area (Å²) in [4.78, 5) is 27.1. The van der Waals surface area contributed by atoms with Gasteiger partial charge in [0.1, 0.15) is 12.0 Å². The van der Waals surface area contributed by atoms with Crippen molar-refractivity contribution in [3.05, 3.63) is 35.8 Å². The zero-order chi connectivity index (χ0) is 20.0. The van der Waals surface area contributed by atoms with Gasteiger partial charge >= 0.3 is 11.9 Å². The molecule has 1 aromatic rings. The summed E-state index contributed by atoms with van der Waals surface area (Å²) >= 11 is 0. The van der Waals surface area contributed by atoms with E-state index in [0.717, 1.165) is 12.8 Å². The van der Waals surface area contributed by atoms with Gasteiger partial charge in [0.15, 0.2) is 0 Å². The molecule has 2 saturated heterocycles. The summed E-state index contributed by atoms with van der Waals surface area (Å²) in [6, 6.07) is -2.96. The standard InChI is InChI=1S/C17H21NO4.ClH/c1-18-12-8-9-13(18)15(17(20)21-2)14(10-12)22-16(19)11-6-4-3-5-7-11;/h3-7,12-15H,8-10H2,1-2H3;1H/t12-,13+,14?,15?;/m0./s1/i3D,4D,5D,6D,7D;. The third-order valence-electron chi connectivity index (χ3n) is 4.65. The maximum absolute atomic E-state index is 12.7. The smallest absolute Gasteiger partial charge is 0.338 e. The van der Waals surface area contributed by atoms with Gasteiger partial charge < -0.3 is 9.47 Å². The third-order valence-corrected chi connectivity index (χ3v) is 4.65. The van der Waals surface area contributed by atoms with Gasteiger partial charge in [0.05, 0.1) is 19.5 Å². The molecule has 0 saturated carbocycles. The van der Waals surface area contributed by atoms with Gasteiger partial charge in [-0.15, -0.1) is 12.4 Å². The Labute approximate surface area is 149 Å². The van der Waals surface area contributed by atoms with E-state index in [0.29, 0.717) is 6.42 Å². The molecule has 2 aliphatic heterocycles. The van der Waals surface area contributed by atoms with E-state index in [1.54, 1.807) is 0 Å². The van der Waals surface area contributed by atoms with Gasteiger partial charge in [0.25, 0.3) is 0 Å². The van der Waals surface area contributed by atoms with Crippen LogP contribution in [-0.4, -0.2) is 49.2 Å². The average Bonchev–Trinajstić information content (AvgIpc) is 2.87. The Morgan fingerprint density at radius 3 is 2.61 bits per heavy atom. The molecule has 0 radical (unpaired) electrons. The van der Waals surface area contributed by atoms with Crippen LogP contribution in [0.4, 0.5) is 0 Å². The lowest BCUT2D eigenvalue weighted by molar-refractivity contribution is -0.156. The van der Waals surface area contributed by atoms with Crippen molar-refractivity contribution in [2.45, 2.75) is 37.5 Å². The number of nitrogens with zero attached hydrogens (tertiary/aromatic N) is 1. The van der Waals surface area contributed by atoms with Crippen LogP contribution >= 0.6 is 12.4 Å². The number of carbonyl (C=O) groups excluding carboxylic acids is 2. The Hall–Kier alpha value is -1.59. The Bertz CT molecular complexity index is 779. The van der Waals surface area contributed by atoms with Crippen LogP contribution in [0.3, 0.4) is 0 Å². The van der Waals surface area contributed by atoms with Crippen LogP contribution in [0.1, 0.15) is 36.5 Å². The number of ether oxygens (including phenoxy) is 2. The SMILES string of the molecule is Cl.[2H]c1c([2H])c([2H])c(C(=O)OC2C[C@@H]3CC[C@H](C2C(=O)OC)N3C)c([2H])c1[2H]. The van der Waals surface area contributed by atoms with E-state index in [2.05, 4.69) is 4.90 Å². The monoisotopic (exact) mass is 344 g/mol. The number of piperidine rings is 1. The van der Waals surface area contributed by atoms with Crippen molar-refractivity contribution in [3.63, 3.8) is 0 Å². The van der Waals surface area contributed by atoms with E-state index in [1.807, 2.05) is 7.05 Å². The number of hydrogen-bond donors (Lipinski definition) is 0. The summed E-state index contributed by atoms with van der Waals surface area (Å²) in [5, 5.41) is 0. The maximum Gasteiger partial charge on any atom is 0.338 e. The first-order valence-electron chi connectivity index (χ1n) is 9.76. The number of hydrogen-bond acceptors (Lipinski definition) is 5. The molecule has 2 fully saturated rings. The van der Waals surface area contributed by atoms with Crippen LogP contribution in [0, 0.1) is 5.92 Å². The molecule has 2 aliphatic rings. The molecule has 0 spiro atoms. The number of esters is 2. The van der Waals surface area contributed by atoms with Crippen molar-refractivity contribution in [1.29, 1.82) is 0 Å². The van der Waals surface area contributed by atoms with E-state index in [4.69, 9.17) is 16.3 Å². The maximum atomic E-state index is 12.7. The van der Waals surface area contributed by atoms with Crippen molar-refractivity contribution >= 4 is 24.3 Å². The van der Waals surface area contributed by atoms with Gasteiger partial charge in [-0.25, -0.2) is 4.79 Å². The molecule has 6 heteroatoms. The largest absolute Gasteiger partial charge is 0.469 e. The zero-order valence-electron chi connectivity index (χ0n) is 17.9. The van der Waals surface area contributed by atoms with E-state index in [-0.39, 0.29) is 24.5 Å². The molecule has 23 heavy (non-hydrogen) atoms. The topological polar surface area (TPSA) is 55.8 Å². The summed E-state index contributed by atoms with van der Waals surface area (Å²) in [6.45, 7) is 0. The van der Waals surface area contributed by atoms with E-state index in [9.17, 15) is 9.59 Å². The number of halogens is 1. The van der Waals surface area contributed by atoms with Gasteiger partial charge in [-0.2, -0.15) is 0 Å². The zero-order valence-corrected chi connectivity index (χ0v) is 13.7. The van der Waals surface area contributed by atoms with E-state index >= 15 is 0 Å². The van der Waals surface area contributed by atoms with Crippen LogP contribution in [0.15, 0.2) is 30.2 Å². The third kappa shape index (κ3) is 3.35. The van der Waals surface area contributed by atoms with Crippen molar-refractivity contribution in [1.82, 2.24) is 4.90 Å². The molecule has 0 N–H and O–H groups in total. The second kappa shape index (κ2) is 7.32. The summed E-state index contributed by atoms with van der Waals surface area (Å²) in [5.74, 6) is -2.17. The highest BCUT2D eigenvalue weighted by Crippen LogP contribution is 2.40. The first-order chi connectivity index (χ1) is 12.7. The van der Waals surface area contributed by atoms with Crippen molar-refractivity contribution < 1.29 is 25.9 Å². The Morgan fingerprint density at radius 1 is 1.26 bits per heavy atom. The van der Waals surface area contributed by atoms with E-state index in [1.165, 1.54) is 7.11 Å². The summed E-state index contributed by atoms with van der Waals surface area (Å²) in [5.41, 5.74) is -0.518. The molecule has 1 aromatic carbocycles. The summed E-state index contributed by atoms with van der Waals surface area (Å²) in [6.07, 6.45) is 1.31. The quantitative estimate of drug-likeness (QED) is 0.787. The fourth-order valence-corrected chi connectivity index (χ4v) is 3.54. The second-order valence-corrected chi connectivity index (χ2v) is 5.69. The molecule has 2 bridgehead atoms. The molecule has 0 amide bonds. The molecule has 126 valence electrons. The normalized spacial score (nSPS) is 32.5. The van der Waals surface area contributed by atoms with Crippen molar-refractivity contribution in [3.8, 4) is 0 Å². The van der Waals surface area contributed by atoms with Crippen LogP contribution in [-0.2, 0) is 14.3 Å². The molecule has 2 heterocycles. The number of carbonyl (C=O) groups is 2. The predicted octanol–water partition coefficient (Wildman–Crippen LogP) is 2.29. The fraction of sp³-hybridized carbons (Fsp3) is 0.529. The highest BCUT2D eigenvalue weighted by molar-refractivity contribution is 5.89. The lowest BCUT2D eigenvalue weighted by Crippen LogP contribution is -2.53. The summed E-state index contributed by atoms with van der Waals surface area (Å²) in [7, 11) is 3.20. The fourth-order valence-electron chi connectivity index (χ4n) is 3.54. The van der Waals surface area contributed by atoms with Crippen LogP contribution in [0.25, 0.3) is 0 Å². The first-order valence-corrected chi connectivity index (χ1v) is 7.26. The number of methoxy groups -OCH3 is 1. The van der Waals surface area contributed by atoms with Crippen LogP contribution in [0.2, 0.25) is 0 Å². The highest BCUT2D eigenvalue weighted by Gasteiger charge is 2.50. The molecular weight excluding hydrogens is 318 g/mol. The van der Waals surface area contributed by atoms with Crippen molar-refractivity contribution in [2.24, 2.45) is 5.92 Å². The Balaban J connectivity index is 0.00000280. The average molecular weight is 345 g/mol. The Morgan fingerprint density at radius 2 is 1.96 bits per heavy atom. The van der Waals surface area contributed by atoms with Gasteiger partial charge in [0, 0.05) is 18.5 Å². The number of fused-ring (bicyclic) bond motifs is 2. The minimum absolute atomic E-state index is 0. The summed E-state index contributed by atoms with van der Waals surface area (Å²) < 4.78 is 49.2. The number of rotatable bonds is 3. The van der Waals surface area contributed by atoms with Gasteiger partial charge in [-0.3, -0.25) is 9.69 Å². The molecular formula is C17H22ClNO4. The van der Waals surface area contributed by atoms with E-state index < -0.39 is 59.7 Å². The van der Waals surface area contributed by atoms with Gasteiger partial charge in [-0.05, 0) is 32.0 Å². The van der Waals surface area contributed by atoms with Gasteiger partial charge in [0.2, 0.25) is 0 Å². The molecule has 4 atom stereocenters. The number of benzene rings is 1. The van der Waals surface area contributed by atoms with Crippen LogP contribution < -0.4 is 0 Å². The predicted molar refractivity (Wildman–Crippen MR) is 87.6 cm³/mol. The van der Waals surface area contributed by atoms with Crippen molar-refractivity contribution in [2.75, 3.05) is 14.2 Å². The molecule has 2 unspecified atom stereocenters.